The first-order valence-corrected chi connectivity index (χ1v) is 7.06. The van der Waals surface area contributed by atoms with Gasteiger partial charge in [-0.1, -0.05) is 11.6 Å². The predicted molar refractivity (Wildman–Crippen MR) is 84.7 cm³/mol. The van der Waals surface area contributed by atoms with E-state index < -0.39 is 0 Å². The minimum absolute atomic E-state index is 0.579. The summed E-state index contributed by atoms with van der Waals surface area (Å²) in [6, 6.07) is 13.2. The topological polar surface area (TPSA) is 42.9 Å². The van der Waals surface area contributed by atoms with E-state index in [-0.39, 0.29) is 0 Å². The minimum atomic E-state index is 0.579. The Morgan fingerprint density at radius 2 is 1.76 bits per heavy atom. The van der Waals surface area contributed by atoms with E-state index in [4.69, 9.17) is 21.1 Å². The quantitative estimate of drug-likeness (QED) is 0.689. The fourth-order valence-electron chi connectivity index (χ4n) is 2.01. The lowest BCUT2D eigenvalue weighted by atomic mass is 10.1. The van der Waals surface area contributed by atoms with Gasteiger partial charge < -0.3 is 9.47 Å². The Morgan fingerprint density at radius 3 is 2.52 bits per heavy atom. The van der Waals surface area contributed by atoms with Crippen LogP contribution in [0, 0.1) is 0 Å². The summed E-state index contributed by atoms with van der Waals surface area (Å²) < 4.78 is 11.1. The van der Waals surface area contributed by atoms with Crippen molar-refractivity contribution >= 4 is 23.0 Å². The smallest absolute Gasteiger partial charge is 0.162 e. The van der Waals surface area contributed by atoms with Crippen molar-refractivity contribution in [1.29, 1.82) is 0 Å². The molecule has 0 amide bonds. The number of rotatable bonds is 3. The fourth-order valence-corrected chi connectivity index (χ4v) is 2.13. The SMILES string of the molecule is C/C(=N\Nc1ccc(Cl)cc1)c1ccc2c(c1)OCCO2. The molecule has 1 aliphatic rings. The van der Waals surface area contributed by atoms with Crippen molar-refractivity contribution in [2.45, 2.75) is 6.92 Å². The molecule has 2 aromatic rings. The third kappa shape index (κ3) is 3.28. The van der Waals surface area contributed by atoms with Gasteiger partial charge in [-0.05, 0) is 49.4 Å². The van der Waals surface area contributed by atoms with E-state index in [1.54, 1.807) is 0 Å². The molecule has 1 heterocycles. The van der Waals surface area contributed by atoms with Crippen molar-refractivity contribution in [3.05, 3.63) is 53.1 Å². The molecule has 0 radical (unpaired) electrons. The van der Waals surface area contributed by atoms with E-state index >= 15 is 0 Å². The number of hydrazone groups is 1. The maximum absolute atomic E-state index is 5.85. The number of ether oxygens (including phenoxy) is 2. The van der Waals surface area contributed by atoms with Crippen LogP contribution in [0.15, 0.2) is 47.6 Å². The lowest BCUT2D eigenvalue weighted by Crippen LogP contribution is -2.15. The van der Waals surface area contributed by atoms with E-state index in [1.807, 2.05) is 49.4 Å². The highest BCUT2D eigenvalue weighted by molar-refractivity contribution is 6.30. The number of benzene rings is 2. The number of anilines is 1. The lowest BCUT2D eigenvalue weighted by Gasteiger charge is -2.18. The standard InChI is InChI=1S/C16H15ClN2O2/c1-11(18-19-14-5-3-13(17)4-6-14)12-2-7-15-16(10-12)21-9-8-20-15/h2-7,10,19H,8-9H2,1H3/b18-11+. The van der Waals surface area contributed by atoms with E-state index in [9.17, 15) is 0 Å². The van der Waals surface area contributed by atoms with Crippen molar-refractivity contribution < 1.29 is 9.47 Å². The third-order valence-corrected chi connectivity index (χ3v) is 3.41. The van der Waals surface area contributed by atoms with Crippen molar-refractivity contribution in [3.8, 4) is 11.5 Å². The maximum atomic E-state index is 5.85. The number of nitrogens with zero attached hydrogens (tertiary/aromatic N) is 1. The van der Waals surface area contributed by atoms with Gasteiger partial charge in [0.2, 0.25) is 0 Å². The van der Waals surface area contributed by atoms with Crippen molar-refractivity contribution in [2.24, 2.45) is 5.10 Å². The summed E-state index contributed by atoms with van der Waals surface area (Å²) in [5.41, 5.74) is 5.74. The number of fused-ring (bicyclic) bond motifs is 1. The zero-order valence-corrected chi connectivity index (χ0v) is 12.4. The van der Waals surface area contributed by atoms with Crippen molar-refractivity contribution in [3.63, 3.8) is 0 Å². The Morgan fingerprint density at radius 1 is 1.05 bits per heavy atom. The summed E-state index contributed by atoms with van der Waals surface area (Å²) in [4.78, 5) is 0. The molecule has 2 aromatic carbocycles. The highest BCUT2D eigenvalue weighted by Crippen LogP contribution is 2.30. The van der Waals surface area contributed by atoms with Crippen LogP contribution in [0.2, 0.25) is 5.02 Å². The first-order valence-electron chi connectivity index (χ1n) is 6.68. The number of halogens is 1. The first-order chi connectivity index (χ1) is 10.2. The molecule has 4 nitrogen and oxygen atoms in total. The lowest BCUT2D eigenvalue weighted by molar-refractivity contribution is 0.171. The number of hydrogen-bond acceptors (Lipinski definition) is 4. The van der Waals surface area contributed by atoms with Crippen LogP contribution in [0.5, 0.6) is 11.5 Å². The van der Waals surface area contributed by atoms with Gasteiger partial charge in [-0.3, -0.25) is 5.43 Å². The van der Waals surface area contributed by atoms with Crippen molar-refractivity contribution in [1.82, 2.24) is 0 Å². The Balaban J connectivity index is 1.76. The Bertz CT molecular complexity index is 668. The summed E-state index contributed by atoms with van der Waals surface area (Å²) in [7, 11) is 0. The molecule has 21 heavy (non-hydrogen) atoms. The van der Waals surface area contributed by atoms with Crippen LogP contribution in [0.1, 0.15) is 12.5 Å². The second-order valence-electron chi connectivity index (χ2n) is 4.67. The van der Waals surface area contributed by atoms with Crippen LogP contribution in [0.3, 0.4) is 0 Å². The molecule has 0 saturated carbocycles. The maximum Gasteiger partial charge on any atom is 0.162 e. The van der Waals surface area contributed by atoms with E-state index in [0.29, 0.717) is 18.2 Å². The summed E-state index contributed by atoms with van der Waals surface area (Å²) in [5.74, 6) is 1.54. The molecule has 108 valence electrons. The predicted octanol–water partition coefficient (Wildman–Crippen LogP) is 3.95. The highest BCUT2D eigenvalue weighted by atomic mass is 35.5. The Labute approximate surface area is 128 Å². The monoisotopic (exact) mass is 302 g/mol. The molecule has 0 bridgehead atoms. The zero-order chi connectivity index (χ0) is 14.7. The van der Waals surface area contributed by atoms with Gasteiger partial charge in [0.1, 0.15) is 13.2 Å². The molecule has 0 unspecified atom stereocenters. The molecule has 0 saturated heterocycles. The second-order valence-corrected chi connectivity index (χ2v) is 5.11. The number of nitrogens with one attached hydrogen (secondary N) is 1. The molecule has 0 aliphatic carbocycles. The van der Waals surface area contributed by atoms with Crippen LogP contribution in [0.4, 0.5) is 5.69 Å². The van der Waals surface area contributed by atoms with Crippen LogP contribution in [0.25, 0.3) is 0 Å². The second kappa shape index (κ2) is 6.06. The summed E-state index contributed by atoms with van der Waals surface area (Å²) in [5, 5.41) is 5.07. The van der Waals surface area contributed by atoms with Gasteiger partial charge in [-0.25, -0.2) is 0 Å². The normalized spacial score (nSPS) is 13.9. The minimum Gasteiger partial charge on any atom is -0.486 e. The van der Waals surface area contributed by atoms with Crippen LogP contribution < -0.4 is 14.9 Å². The summed E-state index contributed by atoms with van der Waals surface area (Å²) >= 11 is 5.85. The van der Waals surface area contributed by atoms with E-state index in [2.05, 4.69) is 10.5 Å². The average molecular weight is 303 g/mol. The number of hydrogen-bond donors (Lipinski definition) is 1. The molecule has 1 N–H and O–H groups in total. The molecule has 0 spiro atoms. The van der Waals surface area contributed by atoms with Crippen LogP contribution in [-0.4, -0.2) is 18.9 Å². The van der Waals surface area contributed by atoms with Gasteiger partial charge >= 0.3 is 0 Å². The Kier molecular flexibility index (Phi) is 3.97. The average Bonchev–Trinajstić information content (AvgIpc) is 2.53. The van der Waals surface area contributed by atoms with E-state index in [0.717, 1.165) is 28.5 Å². The van der Waals surface area contributed by atoms with Gasteiger partial charge in [0.25, 0.3) is 0 Å². The van der Waals surface area contributed by atoms with Gasteiger partial charge in [-0.15, -0.1) is 0 Å². The molecule has 1 aliphatic heterocycles. The van der Waals surface area contributed by atoms with Gasteiger partial charge in [0.05, 0.1) is 11.4 Å². The van der Waals surface area contributed by atoms with E-state index in [1.165, 1.54) is 0 Å². The molecule has 0 atom stereocenters. The van der Waals surface area contributed by atoms with Crippen LogP contribution >= 0.6 is 11.6 Å². The fraction of sp³-hybridized carbons (Fsp3) is 0.188. The summed E-state index contributed by atoms with van der Waals surface area (Å²) in [6.07, 6.45) is 0. The summed E-state index contributed by atoms with van der Waals surface area (Å²) in [6.45, 7) is 3.11. The molecule has 0 aromatic heterocycles. The molecular weight excluding hydrogens is 288 g/mol. The van der Waals surface area contributed by atoms with Gasteiger partial charge in [0.15, 0.2) is 11.5 Å². The molecular formula is C16H15ClN2O2. The molecule has 3 rings (SSSR count). The van der Waals surface area contributed by atoms with Crippen molar-refractivity contribution in [2.75, 3.05) is 18.6 Å². The molecule has 5 heteroatoms. The van der Waals surface area contributed by atoms with Gasteiger partial charge in [-0.2, -0.15) is 5.10 Å². The highest BCUT2D eigenvalue weighted by Gasteiger charge is 2.12. The van der Waals surface area contributed by atoms with Crippen LogP contribution in [-0.2, 0) is 0 Å². The first kappa shape index (κ1) is 13.8. The zero-order valence-electron chi connectivity index (χ0n) is 11.6. The third-order valence-electron chi connectivity index (χ3n) is 3.16. The van der Waals surface area contributed by atoms with Gasteiger partial charge in [0, 0.05) is 10.6 Å². The molecule has 0 fully saturated rings. The Hall–Kier alpha value is -2.20. The largest absolute Gasteiger partial charge is 0.486 e.